The number of nitrogens with zero attached hydrogens (tertiary/aromatic N) is 2. The first kappa shape index (κ1) is 13.5. The molecule has 0 fully saturated rings. The zero-order chi connectivity index (χ0) is 13.8. The van der Waals surface area contributed by atoms with Gasteiger partial charge in [-0.1, -0.05) is 38.1 Å². The fraction of sp³-hybridized carbons (Fsp3) is 0.375. The standard InChI is InChI=1S/C16H20N2O/c1-4-13(5-2)11-15-12(3)17-18(16(15)19)14-9-7-6-8-10-14/h6-11,13H,4-5H2,1-3H3. The van der Waals surface area contributed by atoms with Crippen molar-refractivity contribution in [3.05, 3.63) is 42.0 Å². The van der Waals surface area contributed by atoms with Crippen LogP contribution in [0.1, 0.15) is 33.6 Å². The number of allylic oxidation sites excluding steroid dienone is 1. The highest BCUT2D eigenvalue weighted by atomic mass is 16.2. The number of benzene rings is 1. The SMILES string of the molecule is CCC(C=C1C(=O)N(c2ccccc2)N=C1C)CC. The number of carbonyl (C=O) groups excluding carboxylic acids is 1. The van der Waals surface area contributed by atoms with Crippen LogP contribution in [0.5, 0.6) is 0 Å². The van der Waals surface area contributed by atoms with Gasteiger partial charge in [0.05, 0.1) is 17.0 Å². The summed E-state index contributed by atoms with van der Waals surface area (Å²) in [7, 11) is 0. The predicted molar refractivity (Wildman–Crippen MR) is 79.2 cm³/mol. The molecular formula is C16H20N2O. The van der Waals surface area contributed by atoms with Gasteiger partial charge < -0.3 is 0 Å². The molecule has 0 aromatic heterocycles. The number of para-hydroxylation sites is 1. The molecule has 1 amide bonds. The summed E-state index contributed by atoms with van der Waals surface area (Å²) in [4.78, 5) is 12.4. The molecule has 3 heteroatoms. The lowest BCUT2D eigenvalue weighted by molar-refractivity contribution is -0.114. The Morgan fingerprint density at radius 1 is 1.21 bits per heavy atom. The third kappa shape index (κ3) is 2.75. The van der Waals surface area contributed by atoms with E-state index in [1.165, 1.54) is 5.01 Å². The zero-order valence-corrected chi connectivity index (χ0v) is 11.8. The van der Waals surface area contributed by atoms with Crippen molar-refractivity contribution in [2.24, 2.45) is 11.0 Å². The maximum absolute atomic E-state index is 12.4. The number of hydrazone groups is 1. The molecule has 19 heavy (non-hydrogen) atoms. The summed E-state index contributed by atoms with van der Waals surface area (Å²) < 4.78 is 0. The fourth-order valence-corrected chi connectivity index (χ4v) is 2.21. The first-order valence-corrected chi connectivity index (χ1v) is 6.84. The van der Waals surface area contributed by atoms with Crippen LogP contribution in [0.25, 0.3) is 0 Å². The topological polar surface area (TPSA) is 32.7 Å². The van der Waals surface area contributed by atoms with Gasteiger partial charge in [0.15, 0.2) is 0 Å². The summed E-state index contributed by atoms with van der Waals surface area (Å²) in [6.07, 6.45) is 4.17. The minimum absolute atomic E-state index is 0.0180. The molecule has 0 aliphatic carbocycles. The molecule has 1 aromatic rings. The molecule has 100 valence electrons. The molecule has 3 nitrogen and oxygen atoms in total. The molecule has 0 atom stereocenters. The first-order valence-electron chi connectivity index (χ1n) is 6.84. The van der Waals surface area contributed by atoms with Crippen LogP contribution in [0.2, 0.25) is 0 Å². The van der Waals surface area contributed by atoms with Crippen LogP contribution < -0.4 is 5.01 Å². The van der Waals surface area contributed by atoms with Gasteiger partial charge in [-0.15, -0.1) is 0 Å². The fourth-order valence-electron chi connectivity index (χ4n) is 2.21. The number of hydrogen-bond donors (Lipinski definition) is 0. The van der Waals surface area contributed by atoms with Crippen molar-refractivity contribution >= 4 is 17.3 Å². The highest BCUT2D eigenvalue weighted by Gasteiger charge is 2.28. The van der Waals surface area contributed by atoms with E-state index in [1.807, 2.05) is 37.3 Å². The van der Waals surface area contributed by atoms with Gasteiger partial charge in [0.25, 0.3) is 5.91 Å². The second-order valence-electron chi connectivity index (χ2n) is 4.79. The Bertz CT molecular complexity index is 513. The quantitative estimate of drug-likeness (QED) is 0.755. The lowest BCUT2D eigenvalue weighted by Crippen LogP contribution is -2.21. The van der Waals surface area contributed by atoms with Gasteiger partial charge in [0, 0.05) is 0 Å². The summed E-state index contributed by atoms with van der Waals surface area (Å²) >= 11 is 0. The molecule has 1 aliphatic rings. The van der Waals surface area contributed by atoms with Crippen molar-refractivity contribution in [1.29, 1.82) is 0 Å². The van der Waals surface area contributed by atoms with E-state index in [0.29, 0.717) is 5.92 Å². The van der Waals surface area contributed by atoms with Crippen LogP contribution in [0, 0.1) is 5.92 Å². The van der Waals surface area contributed by atoms with Crippen LogP contribution in [-0.2, 0) is 4.79 Å². The summed E-state index contributed by atoms with van der Waals surface area (Å²) in [5.41, 5.74) is 2.37. The van der Waals surface area contributed by atoms with Crippen LogP contribution in [0.4, 0.5) is 5.69 Å². The van der Waals surface area contributed by atoms with Gasteiger partial charge in [-0.2, -0.15) is 10.1 Å². The third-order valence-electron chi connectivity index (χ3n) is 3.51. The Kier molecular flexibility index (Phi) is 4.15. The Morgan fingerprint density at radius 2 is 1.84 bits per heavy atom. The molecule has 0 saturated heterocycles. The molecule has 0 saturated carbocycles. The molecule has 0 N–H and O–H groups in total. The van der Waals surface area contributed by atoms with Crippen molar-refractivity contribution in [1.82, 2.24) is 0 Å². The van der Waals surface area contributed by atoms with E-state index in [-0.39, 0.29) is 5.91 Å². The smallest absolute Gasteiger partial charge is 0.267 e. The minimum atomic E-state index is -0.0180. The lowest BCUT2D eigenvalue weighted by atomic mass is 9.98. The van der Waals surface area contributed by atoms with Crippen LogP contribution in [0.15, 0.2) is 47.1 Å². The highest BCUT2D eigenvalue weighted by molar-refractivity contribution is 6.29. The lowest BCUT2D eigenvalue weighted by Gasteiger charge is -2.12. The van der Waals surface area contributed by atoms with Gasteiger partial charge in [-0.25, -0.2) is 0 Å². The second kappa shape index (κ2) is 5.83. The maximum atomic E-state index is 12.4. The predicted octanol–water partition coefficient (Wildman–Crippen LogP) is 3.77. The highest BCUT2D eigenvalue weighted by Crippen LogP contribution is 2.25. The Balaban J connectivity index is 2.29. The van der Waals surface area contributed by atoms with Crippen LogP contribution in [-0.4, -0.2) is 11.6 Å². The normalized spacial score (nSPS) is 17.5. The van der Waals surface area contributed by atoms with E-state index < -0.39 is 0 Å². The number of hydrogen-bond acceptors (Lipinski definition) is 2. The molecule has 0 unspecified atom stereocenters. The Hall–Kier alpha value is -1.90. The Labute approximate surface area is 114 Å². The van der Waals surface area contributed by atoms with E-state index in [0.717, 1.165) is 29.8 Å². The third-order valence-corrected chi connectivity index (χ3v) is 3.51. The average Bonchev–Trinajstić information content (AvgIpc) is 2.73. The average molecular weight is 256 g/mol. The summed E-state index contributed by atoms with van der Waals surface area (Å²) in [5.74, 6) is 0.426. The number of anilines is 1. The molecule has 1 aliphatic heterocycles. The van der Waals surface area contributed by atoms with E-state index in [1.54, 1.807) is 0 Å². The molecule has 2 rings (SSSR count). The van der Waals surface area contributed by atoms with Crippen molar-refractivity contribution < 1.29 is 4.79 Å². The van der Waals surface area contributed by atoms with Gasteiger partial charge in [-0.3, -0.25) is 4.79 Å². The number of amides is 1. The van der Waals surface area contributed by atoms with Crippen molar-refractivity contribution in [2.75, 3.05) is 5.01 Å². The summed E-state index contributed by atoms with van der Waals surface area (Å²) in [5, 5.41) is 5.86. The van der Waals surface area contributed by atoms with Crippen molar-refractivity contribution in [2.45, 2.75) is 33.6 Å². The van der Waals surface area contributed by atoms with Gasteiger partial charge in [0.1, 0.15) is 0 Å². The molecule has 1 aromatic carbocycles. The molecule has 0 radical (unpaired) electrons. The Morgan fingerprint density at radius 3 is 2.42 bits per heavy atom. The maximum Gasteiger partial charge on any atom is 0.280 e. The monoisotopic (exact) mass is 256 g/mol. The van der Waals surface area contributed by atoms with E-state index in [4.69, 9.17) is 0 Å². The molecular weight excluding hydrogens is 236 g/mol. The van der Waals surface area contributed by atoms with Crippen molar-refractivity contribution in [3.8, 4) is 0 Å². The van der Waals surface area contributed by atoms with Crippen molar-refractivity contribution in [3.63, 3.8) is 0 Å². The van der Waals surface area contributed by atoms with Crippen LogP contribution in [0.3, 0.4) is 0 Å². The van der Waals surface area contributed by atoms with E-state index in [2.05, 4.69) is 25.0 Å². The molecule has 0 bridgehead atoms. The van der Waals surface area contributed by atoms with Gasteiger partial charge in [0.2, 0.25) is 0 Å². The number of carbonyl (C=O) groups is 1. The van der Waals surface area contributed by atoms with Crippen LogP contribution >= 0.6 is 0 Å². The zero-order valence-electron chi connectivity index (χ0n) is 11.8. The van der Waals surface area contributed by atoms with Gasteiger partial charge in [-0.05, 0) is 37.8 Å². The molecule has 0 spiro atoms. The molecule has 1 heterocycles. The first-order chi connectivity index (χ1) is 9.17. The minimum Gasteiger partial charge on any atom is -0.267 e. The van der Waals surface area contributed by atoms with E-state index in [9.17, 15) is 4.79 Å². The number of rotatable bonds is 4. The summed E-state index contributed by atoms with van der Waals surface area (Å²) in [6, 6.07) is 9.55. The largest absolute Gasteiger partial charge is 0.280 e. The van der Waals surface area contributed by atoms with Gasteiger partial charge >= 0.3 is 0 Å². The second-order valence-corrected chi connectivity index (χ2v) is 4.79. The van der Waals surface area contributed by atoms with E-state index >= 15 is 0 Å². The summed E-state index contributed by atoms with van der Waals surface area (Å²) in [6.45, 7) is 6.19.